The molecule has 0 saturated heterocycles. The van der Waals surface area contributed by atoms with Crippen LogP contribution in [0.5, 0.6) is 0 Å². The summed E-state index contributed by atoms with van der Waals surface area (Å²) in [6.45, 7) is -0.178. The molecule has 0 aromatic rings. The smallest absolute Gasteiger partial charge is 0.457 e. The van der Waals surface area contributed by atoms with Crippen LogP contribution in [0.15, 0.2) is 0 Å². The molecule has 26 heteroatoms. The van der Waals surface area contributed by atoms with Crippen LogP contribution < -0.4 is 0 Å². The first-order chi connectivity index (χ1) is 24.1. The Morgan fingerprint density at radius 3 is 1.38 bits per heavy atom. The third-order valence-electron chi connectivity index (χ3n) is 7.63. The minimum Gasteiger partial charge on any atom is -0.457 e. The Labute approximate surface area is 301 Å². The monoisotopic (exact) mass is 842 g/mol. The van der Waals surface area contributed by atoms with E-state index in [1.165, 1.54) is 44.9 Å². The molecule has 1 saturated carbocycles. The highest BCUT2D eigenvalue weighted by Crippen LogP contribution is 2.53. The Balaban J connectivity index is 2.81. The summed E-state index contributed by atoms with van der Waals surface area (Å²) in [5.74, 6) is -0.740. The molecule has 52 heavy (non-hydrogen) atoms. The topological polar surface area (TPSA) is 352 Å². The quantitative estimate of drug-likeness (QED) is 0.0223. The van der Waals surface area contributed by atoms with Crippen LogP contribution in [-0.4, -0.2) is 118 Å². The summed E-state index contributed by atoms with van der Waals surface area (Å²) < 4.78 is 79.8. The van der Waals surface area contributed by atoms with Crippen LogP contribution in [0.1, 0.15) is 96.8 Å². The van der Waals surface area contributed by atoms with E-state index in [9.17, 15) is 67.5 Å². The summed E-state index contributed by atoms with van der Waals surface area (Å²) in [6.07, 6.45) is -3.68. The van der Waals surface area contributed by atoms with Gasteiger partial charge in [0.1, 0.15) is 49.5 Å². The third kappa shape index (κ3) is 22.3. The fourth-order valence-electron chi connectivity index (χ4n) is 5.31. The van der Waals surface area contributed by atoms with Crippen molar-refractivity contribution in [3.8, 4) is 0 Å². The van der Waals surface area contributed by atoms with Crippen molar-refractivity contribution in [3.05, 3.63) is 0 Å². The Kier molecular flexibility index (Phi) is 23.4. The number of ether oxygens (including phenoxy) is 2. The standard InChI is InChI=1S/C26H54O22P4/c1-2-3-4-5-6-7-8-9-10-11-12-13-14-15-20(28)44-19(16-42-18-27)17-43-52(40,41)48-23-21(29)24(45-49(31,32)33)26(47-51(37,38)39)25(22(23)30)46-50(34,35)36/h19,21-27,29-30H,2-18H2,1H3,(H,40,41)(H2,31,32,33)(H2,34,35,36)(H2,37,38,39)/t19-,21+,22?,23?,24?,25-,26?/m0/s1. The molecule has 0 aromatic carbocycles. The van der Waals surface area contributed by atoms with E-state index in [1.807, 2.05) is 0 Å². The van der Waals surface area contributed by atoms with E-state index < -0.39 is 100.0 Å². The Morgan fingerprint density at radius 1 is 0.577 bits per heavy atom. The molecule has 10 N–H and O–H groups in total. The van der Waals surface area contributed by atoms with Gasteiger partial charge in [-0.05, 0) is 6.42 Å². The number of hydrogen-bond acceptors (Lipinski definition) is 15. The third-order valence-corrected chi connectivity index (χ3v) is 10.2. The van der Waals surface area contributed by atoms with Gasteiger partial charge in [-0.25, -0.2) is 18.3 Å². The van der Waals surface area contributed by atoms with Gasteiger partial charge in [0.25, 0.3) is 0 Å². The summed E-state index contributed by atoms with van der Waals surface area (Å²) in [7, 11) is -22.8. The minimum absolute atomic E-state index is 0.0269. The van der Waals surface area contributed by atoms with Crippen molar-refractivity contribution in [2.24, 2.45) is 0 Å². The largest absolute Gasteiger partial charge is 0.472 e. The maximum absolute atomic E-state index is 12.9. The lowest BCUT2D eigenvalue weighted by Gasteiger charge is -2.45. The van der Waals surface area contributed by atoms with Crippen molar-refractivity contribution in [2.45, 2.75) is 140 Å². The molecule has 0 amide bonds. The van der Waals surface area contributed by atoms with E-state index in [2.05, 4.69) is 20.5 Å². The summed E-state index contributed by atoms with van der Waals surface area (Å²) in [5, 5.41) is 30.4. The molecule has 1 aliphatic carbocycles. The zero-order chi connectivity index (χ0) is 39.6. The first-order valence-electron chi connectivity index (χ1n) is 16.7. The summed E-state index contributed by atoms with van der Waals surface area (Å²) in [5.41, 5.74) is 0. The molecule has 0 heterocycles. The highest BCUT2D eigenvalue weighted by molar-refractivity contribution is 7.47. The second-order valence-corrected chi connectivity index (χ2v) is 17.1. The normalized spacial score (nSPS) is 24.8. The second-order valence-electron chi connectivity index (χ2n) is 12.1. The van der Waals surface area contributed by atoms with E-state index in [0.29, 0.717) is 6.42 Å². The van der Waals surface area contributed by atoms with Gasteiger partial charge in [-0.1, -0.05) is 84.0 Å². The van der Waals surface area contributed by atoms with Gasteiger partial charge in [-0.15, -0.1) is 0 Å². The minimum atomic E-state index is -5.75. The molecule has 0 aliphatic heterocycles. The van der Waals surface area contributed by atoms with Crippen molar-refractivity contribution < 1.29 is 105 Å². The highest BCUT2D eigenvalue weighted by Gasteiger charge is 2.59. The van der Waals surface area contributed by atoms with Crippen LogP contribution in [0.25, 0.3) is 0 Å². The number of aliphatic hydroxyl groups excluding tert-OH is 3. The number of rotatable bonds is 29. The van der Waals surface area contributed by atoms with Gasteiger partial charge in [0.05, 0.1) is 13.2 Å². The van der Waals surface area contributed by atoms with Crippen LogP contribution in [0.2, 0.25) is 0 Å². The molecule has 1 fully saturated rings. The van der Waals surface area contributed by atoms with Crippen LogP contribution in [0.4, 0.5) is 0 Å². The lowest BCUT2D eigenvalue weighted by molar-refractivity contribution is -0.209. The summed E-state index contributed by atoms with van der Waals surface area (Å²) in [4.78, 5) is 78.4. The second kappa shape index (κ2) is 24.4. The van der Waals surface area contributed by atoms with Crippen LogP contribution >= 0.6 is 31.3 Å². The number of phosphoric acid groups is 4. The molecule has 5 unspecified atom stereocenters. The Morgan fingerprint density at radius 2 is 0.981 bits per heavy atom. The molecule has 0 bridgehead atoms. The van der Waals surface area contributed by atoms with E-state index in [0.717, 1.165) is 32.1 Å². The number of carbonyl (C=O) groups is 1. The lowest BCUT2D eigenvalue weighted by atomic mass is 9.85. The zero-order valence-corrected chi connectivity index (χ0v) is 32.3. The first kappa shape index (κ1) is 49.8. The maximum Gasteiger partial charge on any atom is 0.472 e. The van der Waals surface area contributed by atoms with Crippen LogP contribution in [0.3, 0.4) is 0 Å². The molecule has 0 aromatic heterocycles. The number of hydrogen-bond donors (Lipinski definition) is 10. The average Bonchev–Trinajstić information content (AvgIpc) is 3.01. The predicted molar refractivity (Wildman–Crippen MR) is 177 cm³/mol. The Hall–Kier alpha value is -0.250. The number of carbonyl (C=O) groups excluding carboxylic acids is 1. The van der Waals surface area contributed by atoms with Gasteiger partial charge < -0.3 is 59.0 Å². The van der Waals surface area contributed by atoms with Gasteiger partial charge in [0.15, 0.2) is 0 Å². The van der Waals surface area contributed by atoms with Crippen LogP contribution in [0, 0.1) is 0 Å². The van der Waals surface area contributed by atoms with E-state index in [1.54, 1.807) is 0 Å². The van der Waals surface area contributed by atoms with Crippen molar-refractivity contribution >= 4 is 37.3 Å². The predicted octanol–water partition coefficient (Wildman–Crippen LogP) is 2.02. The van der Waals surface area contributed by atoms with Crippen molar-refractivity contribution in [1.29, 1.82) is 0 Å². The molecule has 1 rings (SSSR count). The SMILES string of the molecule is CCCCCCCCCCCCCCCC(=O)O[C@@H](COCO)COP(=O)(O)OC1C(O)[C@H](OP(=O)(O)O)C(OP(=O)(O)O)C(OP(=O)(O)O)[C@@H]1O. The van der Waals surface area contributed by atoms with Crippen molar-refractivity contribution in [1.82, 2.24) is 0 Å². The molecule has 1 aliphatic rings. The number of aliphatic hydroxyl groups is 3. The van der Waals surface area contributed by atoms with E-state index in [-0.39, 0.29) is 6.42 Å². The fraction of sp³-hybridized carbons (Fsp3) is 0.962. The summed E-state index contributed by atoms with van der Waals surface area (Å²) in [6, 6.07) is 0. The molecule has 0 radical (unpaired) electrons. The van der Waals surface area contributed by atoms with Gasteiger partial charge >= 0.3 is 37.3 Å². The zero-order valence-electron chi connectivity index (χ0n) is 28.7. The fourth-order valence-corrected chi connectivity index (χ4v) is 7.96. The average molecular weight is 843 g/mol. The van der Waals surface area contributed by atoms with Gasteiger partial charge in [0, 0.05) is 6.42 Å². The lowest BCUT2D eigenvalue weighted by Crippen LogP contribution is -2.65. The maximum atomic E-state index is 12.9. The van der Waals surface area contributed by atoms with Crippen molar-refractivity contribution in [3.63, 3.8) is 0 Å². The molecule has 0 spiro atoms. The van der Waals surface area contributed by atoms with Gasteiger partial charge in [0.2, 0.25) is 0 Å². The molecule has 8 atom stereocenters. The van der Waals surface area contributed by atoms with E-state index >= 15 is 0 Å². The number of esters is 1. The summed E-state index contributed by atoms with van der Waals surface area (Å²) >= 11 is 0. The molecular weight excluding hydrogens is 788 g/mol. The van der Waals surface area contributed by atoms with E-state index in [4.69, 9.17) is 23.6 Å². The van der Waals surface area contributed by atoms with Crippen molar-refractivity contribution in [2.75, 3.05) is 20.0 Å². The number of unbranched alkanes of at least 4 members (excludes halogenated alkanes) is 12. The van der Waals surface area contributed by atoms with Crippen LogP contribution in [-0.2, 0) is 55.1 Å². The van der Waals surface area contributed by atoms with Gasteiger partial charge in [-0.2, -0.15) is 0 Å². The molecule has 22 nitrogen and oxygen atoms in total. The molecule has 310 valence electrons. The highest BCUT2D eigenvalue weighted by atomic mass is 31.2. The Bertz CT molecular complexity index is 1170. The number of phosphoric ester groups is 4. The van der Waals surface area contributed by atoms with Gasteiger partial charge in [-0.3, -0.25) is 27.4 Å². The molecular formula is C26H54O22P4. The first-order valence-corrected chi connectivity index (χ1v) is 22.8.